The van der Waals surface area contributed by atoms with E-state index >= 15 is 0 Å². The van der Waals surface area contributed by atoms with Crippen molar-refractivity contribution in [3.05, 3.63) is 53.6 Å². The molecule has 0 saturated carbocycles. The summed E-state index contributed by atoms with van der Waals surface area (Å²) in [5.41, 5.74) is 8.51. The third-order valence-corrected chi connectivity index (χ3v) is 4.37. The first-order valence-corrected chi connectivity index (χ1v) is 8.14. The van der Waals surface area contributed by atoms with Gasteiger partial charge in [-0.1, -0.05) is 25.1 Å². The summed E-state index contributed by atoms with van der Waals surface area (Å²) in [5, 5.41) is 0. The molecule has 4 heteroatoms. The molecule has 2 aromatic carbocycles. The second-order valence-corrected chi connectivity index (χ2v) is 6.22. The van der Waals surface area contributed by atoms with Crippen LogP contribution >= 0.6 is 11.8 Å². The van der Waals surface area contributed by atoms with Crippen molar-refractivity contribution in [3.63, 3.8) is 0 Å². The minimum absolute atomic E-state index is 0.151. The van der Waals surface area contributed by atoms with Crippen molar-refractivity contribution < 1.29 is 9.47 Å². The number of fused-ring (bicyclic) bond motifs is 1. The Labute approximate surface area is 129 Å². The number of rotatable bonds is 4. The maximum atomic E-state index is 6.37. The van der Waals surface area contributed by atoms with Crippen molar-refractivity contribution in [3.8, 4) is 11.5 Å². The maximum Gasteiger partial charge on any atom is 0.161 e. The van der Waals surface area contributed by atoms with Crippen molar-refractivity contribution in [1.29, 1.82) is 0 Å². The molecule has 1 aliphatic rings. The first-order chi connectivity index (χ1) is 10.3. The molecule has 0 radical (unpaired) electrons. The van der Waals surface area contributed by atoms with Crippen LogP contribution in [0.25, 0.3) is 0 Å². The van der Waals surface area contributed by atoms with E-state index in [0.717, 1.165) is 28.4 Å². The fourth-order valence-electron chi connectivity index (χ4n) is 2.38. The van der Waals surface area contributed by atoms with Crippen LogP contribution in [0.1, 0.15) is 24.1 Å². The van der Waals surface area contributed by atoms with Gasteiger partial charge >= 0.3 is 0 Å². The predicted molar refractivity (Wildman–Crippen MR) is 86.3 cm³/mol. The minimum Gasteiger partial charge on any atom is -0.486 e. The number of benzene rings is 2. The Hall–Kier alpha value is -1.65. The highest BCUT2D eigenvalue weighted by molar-refractivity contribution is 7.99. The van der Waals surface area contributed by atoms with E-state index in [0.29, 0.717) is 13.2 Å². The van der Waals surface area contributed by atoms with Crippen molar-refractivity contribution in [2.24, 2.45) is 5.73 Å². The van der Waals surface area contributed by atoms with E-state index in [1.54, 1.807) is 0 Å². The molecule has 1 atom stereocenters. The number of nitrogens with two attached hydrogens (primary N) is 1. The van der Waals surface area contributed by atoms with Gasteiger partial charge in [0.15, 0.2) is 11.5 Å². The van der Waals surface area contributed by atoms with Crippen LogP contribution in [-0.2, 0) is 0 Å². The minimum atomic E-state index is -0.151. The molecule has 0 aromatic heterocycles. The largest absolute Gasteiger partial charge is 0.486 e. The zero-order valence-electron chi connectivity index (χ0n) is 12.0. The van der Waals surface area contributed by atoms with Gasteiger partial charge in [-0.25, -0.2) is 0 Å². The summed E-state index contributed by atoms with van der Waals surface area (Å²) in [4.78, 5) is 1.27. The van der Waals surface area contributed by atoms with Gasteiger partial charge in [0.05, 0.1) is 6.04 Å². The normalized spacial score (nSPS) is 14.8. The van der Waals surface area contributed by atoms with Crippen LogP contribution < -0.4 is 15.2 Å². The van der Waals surface area contributed by atoms with E-state index in [2.05, 4.69) is 31.2 Å². The number of ether oxygens (including phenoxy) is 2. The Morgan fingerprint density at radius 1 is 1.00 bits per heavy atom. The third kappa shape index (κ3) is 3.17. The molecule has 0 amide bonds. The first-order valence-electron chi connectivity index (χ1n) is 7.16. The van der Waals surface area contributed by atoms with Crippen LogP contribution in [0.15, 0.2) is 47.4 Å². The van der Waals surface area contributed by atoms with Crippen molar-refractivity contribution >= 4 is 11.8 Å². The molecule has 0 spiro atoms. The monoisotopic (exact) mass is 301 g/mol. The molecule has 0 bridgehead atoms. The highest BCUT2D eigenvalue weighted by Gasteiger charge is 2.15. The Morgan fingerprint density at radius 2 is 1.67 bits per heavy atom. The molecule has 21 heavy (non-hydrogen) atoms. The predicted octanol–water partition coefficient (Wildman–Crippen LogP) is 3.62. The maximum absolute atomic E-state index is 6.37. The molecule has 3 rings (SSSR count). The lowest BCUT2D eigenvalue weighted by molar-refractivity contribution is 0.171. The zero-order valence-corrected chi connectivity index (χ0v) is 12.9. The average Bonchev–Trinajstić information content (AvgIpc) is 2.55. The number of hydrogen-bond donors (Lipinski definition) is 1. The first kappa shape index (κ1) is 14.3. The van der Waals surface area contributed by atoms with Crippen LogP contribution in [0.4, 0.5) is 0 Å². The summed E-state index contributed by atoms with van der Waals surface area (Å²) in [6.07, 6.45) is 0. The molecule has 0 saturated heterocycles. The van der Waals surface area contributed by atoms with E-state index in [-0.39, 0.29) is 6.04 Å². The molecule has 1 heterocycles. The standard InChI is InChI=1S/C17H19NO2S/c1-2-21-14-6-3-12(4-7-14)17(18)13-5-8-15-16(11-13)20-10-9-19-15/h3-8,11,17H,2,9-10,18H2,1H3. The molecule has 2 aromatic rings. The van der Waals surface area contributed by atoms with E-state index in [1.165, 1.54) is 4.90 Å². The average molecular weight is 301 g/mol. The summed E-state index contributed by atoms with van der Waals surface area (Å²) >= 11 is 1.83. The molecule has 0 aliphatic carbocycles. The Balaban J connectivity index is 1.82. The van der Waals surface area contributed by atoms with E-state index in [1.807, 2.05) is 30.0 Å². The Bertz CT molecular complexity index is 613. The summed E-state index contributed by atoms with van der Waals surface area (Å²) in [6.45, 7) is 3.35. The Morgan fingerprint density at radius 3 is 2.38 bits per heavy atom. The van der Waals surface area contributed by atoms with Crippen molar-refractivity contribution in [2.45, 2.75) is 17.9 Å². The van der Waals surface area contributed by atoms with Crippen molar-refractivity contribution in [2.75, 3.05) is 19.0 Å². The molecule has 3 nitrogen and oxygen atoms in total. The third-order valence-electron chi connectivity index (χ3n) is 3.48. The van der Waals surface area contributed by atoms with Crippen LogP contribution in [0.2, 0.25) is 0 Å². The van der Waals surface area contributed by atoms with Gasteiger partial charge in [-0.15, -0.1) is 11.8 Å². The van der Waals surface area contributed by atoms with Gasteiger partial charge in [-0.3, -0.25) is 0 Å². The molecular weight excluding hydrogens is 282 g/mol. The second kappa shape index (κ2) is 6.41. The molecule has 0 fully saturated rings. The lowest BCUT2D eigenvalue weighted by Gasteiger charge is -2.20. The van der Waals surface area contributed by atoms with Gasteiger partial charge in [0.1, 0.15) is 13.2 Å². The van der Waals surface area contributed by atoms with Gasteiger partial charge in [0.25, 0.3) is 0 Å². The van der Waals surface area contributed by atoms with Gasteiger partial charge in [0.2, 0.25) is 0 Å². The second-order valence-electron chi connectivity index (χ2n) is 4.88. The van der Waals surface area contributed by atoms with Crippen LogP contribution in [0, 0.1) is 0 Å². The lowest BCUT2D eigenvalue weighted by atomic mass is 9.99. The van der Waals surface area contributed by atoms with Crippen LogP contribution in [-0.4, -0.2) is 19.0 Å². The van der Waals surface area contributed by atoms with E-state index in [9.17, 15) is 0 Å². The molecule has 110 valence electrons. The van der Waals surface area contributed by atoms with Crippen LogP contribution in [0.5, 0.6) is 11.5 Å². The van der Waals surface area contributed by atoms with Gasteiger partial charge in [0, 0.05) is 4.90 Å². The highest BCUT2D eigenvalue weighted by Crippen LogP contribution is 2.33. The topological polar surface area (TPSA) is 44.5 Å². The van der Waals surface area contributed by atoms with Crippen molar-refractivity contribution in [1.82, 2.24) is 0 Å². The summed E-state index contributed by atoms with van der Waals surface area (Å²) in [6, 6.07) is 14.2. The smallest absolute Gasteiger partial charge is 0.161 e. The summed E-state index contributed by atoms with van der Waals surface area (Å²) < 4.78 is 11.2. The quantitative estimate of drug-likeness (QED) is 0.876. The fourth-order valence-corrected chi connectivity index (χ4v) is 3.05. The Kier molecular flexibility index (Phi) is 4.36. The van der Waals surface area contributed by atoms with Crippen LogP contribution in [0.3, 0.4) is 0 Å². The summed E-state index contributed by atoms with van der Waals surface area (Å²) in [7, 11) is 0. The molecular formula is C17H19NO2S. The molecule has 1 aliphatic heterocycles. The van der Waals surface area contributed by atoms with Gasteiger partial charge < -0.3 is 15.2 Å². The number of thioether (sulfide) groups is 1. The fraction of sp³-hybridized carbons (Fsp3) is 0.294. The summed E-state index contributed by atoms with van der Waals surface area (Å²) in [5.74, 6) is 2.66. The lowest BCUT2D eigenvalue weighted by Crippen LogP contribution is -2.17. The molecule has 2 N–H and O–H groups in total. The van der Waals surface area contributed by atoms with E-state index < -0.39 is 0 Å². The number of hydrogen-bond acceptors (Lipinski definition) is 4. The van der Waals surface area contributed by atoms with Gasteiger partial charge in [-0.05, 0) is 41.1 Å². The van der Waals surface area contributed by atoms with E-state index in [4.69, 9.17) is 15.2 Å². The highest BCUT2D eigenvalue weighted by atomic mass is 32.2. The van der Waals surface area contributed by atoms with Gasteiger partial charge in [-0.2, -0.15) is 0 Å². The molecule has 1 unspecified atom stereocenters. The zero-order chi connectivity index (χ0) is 14.7. The SMILES string of the molecule is CCSc1ccc(C(N)c2ccc3c(c2)OCCO3)cc1.